The van der Waals surface area contributed by atoms with E-state index in [0.717, 1.165) is 18.4 Å². The van der Waals surface area contributed by atoms with Gasteiger partial charge in [0, 0.05) is 24.7 Å². The van der Waals surface area contributed by atoms with Crippen LogP contribution in [0.2, 0.25) is 0 Å². The molecule has 0 aromatic heterocycles. The van der Waals surface area contributed by atoms with Gasteiger partial charge in [0.2, 0.25) is 5.91 Å². The van der Waals surface area contributed by atoms with Gasteiger partial charge in [-0.25, -0.2) is 4.79 Å². The van der Waals surface area contributed by atoms with E-state index < -0.39 is 6.16 Å². The summed E-state index contributed by atoms with van der Waals surface area (Å²) in [4.78, 5) is 38.3. The SMILES string of the molecule is CCOC(=O)Oc1ccc(C(=O)NC2CCN(C(=O)Cc3ccc(C)cc3)CC2)cc1. The number of carbonyl (C=O) groups excluding carboxylic acids is 3. The number of rotatable bonds is 6. The second-order valence-electron chi connectivity index (χ2n) is 7.60. The van der Waals surface area contributed by atoms with E-state index in [4.69, 9.17) is 9.47 Å². The molecule has 1 aliphatic heterocycles. The van der Waals surface area contributed by atoms with Crippen molar-refractivity contribution < 1.29 is 23.9 Å². The van der Waals surface area contributed by atoms with Gasteiger partial charge in [-0.15, -0.1) is 0 Å². The number of benzene rings is 2. The van der Waals surface area contributed by atoms with Crippen molar-refractivity contribution in [2.24, 2.45) is 0 Å². The van der Waals surface area contributed by atoms with Crippen molar-refractivity contribution in [2.75, 3.05) is 19.7 Å². The summed E-state index contributed by atoms with van der Waals surface area (Å²) in [6.45, 7) is 5.20. The lowest BCUT2D eigenvalue weighted by Crippen LogP contribution is -2.47. The van der Waals surface area contributed by atoms with Crippen LogP contribution >= 0.6 is 0 Å². The first-order valence-electron chi connectivity index (χ1n) is 10.5. The highest BCUT2D eigenvalue weighted by molar-refractivity contribution is 5.94. The number of aryl methyl sites for hydroxylation is 1. The molecule has 164 valence electrons. The smallest absolute Gasteiger partial charge is 0.434 e. The maximum absolute atomic E-state index is 12.5. The molecule has 7 nitrogen and oxygen atoms in total. The van der Waals surface area contributed by atoms with E-state index in [1.807, 2.05) is 36.1 Å². The minimum absolute atomic E-state index is 0.0198. The Balaban J connectivity index is 1.44. The molecule has 1 aliphatic rings. The quantitative estimate of drug-likeness (QED) is 0.567. The van der Waals surface area contributed by atoms with Crippen molar-refractivity contribution in [1.82, 2.24) is 10.2 Å². The lowest BCUT2D eigenvalue weighted by molar-refractivity contribution is -0.131. The van der Waals surface area contributed by atoms with Gasteiger partial charge in [0.1, 0.15) is 5.75 Å². The predicted molar refractivity (Wildman–Crippen MR) is 116 cm³/mol. The molecule has 1 heterocycles. The van der Waals surface area contributed by atoms with Crippen molar-refractivity contribution in [3.05, 3.63) is 65.2 Å². The third-order valence-corrected chi connectivity index (χ3v) is 5.24. The zero-order chi connectivity index (χ0) is 22.2. The topological polar surface area (TPSA) is 84.9 Å². The Labute approximate surface area is 182 Å². The van der Waals surface area contributed by atoms with Crippen LogP contribution in [0, 0.1) is 6.92 Å². The van der Waals surface area contributed by atoms with Gasteiger partial charge in [-0.2, -0.15) is 0 Å². The molecule has 2 amide bonds. The molecular formula is C24H28N2O5. The van der Waals surface area contributed by atoms with Crippen molar-refractivity contribution >= 4 is 18.0 Å². The first-order valence-corrected chi connectivity index (χ1v) is 10.5. The average Bonchev–Trinajstić information content (AvgIpc) is 2.76. The summed E-state index contributed by atoms with van der Waals surface area (Å²) >= 11 is 0. The number of piperidine rings is 1. The van der Waals surface area contributed by atoms with Crippen LogP contribution in [0.4, 0.5) is 4.79 Å². The summed E-state index contributed by atoms with van der Waals surface area (Å²) in [7, 11) is 0. The molecule has 0 unspecified atom stereocenters. The largest absolute Gasteiger partial charge is 0.513 e. The van der Waals surface area contributed by atoms with Crippen molar-refractivity contribution in [3.63, 3.8) is 0 Å². The molecule has 0 saturated carbocycles. The van der Waals surface area contributed by atoms with Gasteiger partial charge >= 0.3 is 6.16 Å². The fourth-order valence-corrected chi connectivity index (χ4v) is 3.45. The number of ether oxygens (including phenoxy) is 2. The van der Waals surface area contributed by atoms with E-state index in [1.165, 1.54) is 5.56 Å². The maximum atomic E-state index is 12.5. The minimum atomic E-state index is -0.775. The van der Waals surface area contributed by atoms with Crippen molar-refractivity contribution in [3.8, 4) is 5.75 Å². The Morgan fingerprint density at radius 1 is 1.00 bits per heavy atom. The van der Waals surface area contributed by atoms with Crippen LogP contribution in [0.3, 0.4) is 0 Å². The summed E-state index contributed by atoms with van der Waals surface area (Å²) in [6.07, 6.45) is 1.06. The normalized spacial score (nSPS) is 14.1. The molecule has 1 fully saturated rings. The van der Waals surface area contributed by atoms with Gasteiger partial charge in [0.05, 0.1) is 13.0 Å². The Morgan fingerprint density at radius 3 is 2.26 bits per heavy atom. The first kappa shape index (κ1) is 22.3. The highest BCUT2D eigenvalue weighted by Gasteiger charge is 2.24. The third-order valence-electron chi connectivity index (χ3n) is 5.24. The van der Waals surface area contributed by atoms with Crippen LogP contribution in [0.5, 0.6) is 5.75 Å². The van der Waals surface area contributed by atoms with Crippen LogP contribution in [-0.4, -0.2) is 48.6 Å². The molecule has 2 aromatic rings. The van der Waals surface area contributed by atoms with Crippen molar-refractivity contribution in [2.45, 2.75) is 39.2 Å². The second-order valence-corrected chi connectivity index (χ2v) is 7.60. The molecular weight excluding hydrogens is 396 g/mol. The number of hydrogen-bond donors (Lipinski definition) is 1. The molecule has 0 spiro atoms. The molecule has 2 aromatic carbocycles. The predicted octanol–water partition coefficient (Wildman–Crippen LogP) is 3.49. The van der Waals surface area contributed by atoms with Crippen LogP contribution in [0.25, 0.3) is 0 Å². The first-order chi connectivity index (χ1) is 14.9. The van der Waals surface area contributed by atoms with Crippen LogP contribution in [0.1, 0.15) is 41.3 Å². The number of hydrogen-bond acceptors (Lipinski definition) is 5. The fourth-order valence-electron chi connectivity index (χ4n) is 3.45. The van der Waals surface area contributed by atoms with E-state index in [2.05, 4.69) is 5.32 Å². The van der Waals surface area contributed by atoms with E-state index in [9.17, 15) is 14.4 Å². The zero-order valence-electron chi connectivity index (χ0n) is 17.9. The molecule has 1 saturated heterocycles. The number of nitrogens with one attached hydrogen (secondary N) is 1. The highest BCUT2D eigenvalue weighted by Crippen LogP contribution is 2.16. The lowest BCUT2D eigenvalue weighted by atomic mass is 10.0. The van der Waals surface area contributed by atoms with Crippen LogP contribution in [-0.2, 0) is 16.0 Å². The Bertz CT molecular complexity index is 901. The van der Waals surface area contributed by atoms with E-state index >= 15 is 0 Å². The molecule has 0 atom stereocenters. The molecule has 7 heteroatoms. The van der Waals surface area contributed by atoms with Crippen LogP contribution < -0.4 is 10.1 Å². The third kappa shape index (κ3) is 6.57. The van der Waals surface area contributed by atoms with Crippen LogP contribution in [0.15, 0.2) is 48.5 Å². The zero-order valence-corrected chi connectivity index (χ0v) is 17.9. The van der Waals surface area contributed by atoms with Gasteiger partial charge < -0.3 is 19.7 Å². The molecule has 0 radical (unpaired) electrons. The lowest BCUT2D eigenvalue weighted by Gasteiger charge is -2.32. The van der Waals surface area contributed by atoms with Gasteiger partial charge in [0.25, 0.3) is 5.91 Å². The number of carbonyl (C=O) groups is 3. The average molecular weight is 424 g/mol. The summed E-state index contributed by atoms with van der Waals surface area (Å²) in [5.74, 6) is 0.244. The molecule has 0 bridgehead atoms. The van der Waals surface area contributed by atoms with Gasteiger partial charge in [-0.05, 0) is 56.5 Å². The molecule has 31 heavy (non-hydrogen) atoms. The monoisotopic (exact) mass is 424 g/mol. The summed E-state index contributed by atoms with van der Waals surface area (Å²) in [5.41, 5.74) is 2.67. The Kier molecular flexibility index (Phi) is 7.65. The Hall–Kier alpha value is -3.35. The van der Waals surface area contributed by atoms with E-state index in [0.29, 0.717) is 30.8 Å². The Morgan fingerprint density at radius 2 is 1.65 bits per heavy atom. The number of nitrogens with zero attached hydrogens (tertiary/aromatic N) is 1. The van der Waals surface area contributed by atoms with E-state index in [1.54, 1.807) is 31.2 Å². The molecule has 1 N–H and O–H groups in total. The second kappa shape index (κ2) is 10.6. The summed E-state index contributed by atoms with van der Waals surface area (Å²) in [6, 6.07) is 14.3. The minimum Gasteiger partial charge on any atom is -0.434 e. The van der Waals surface area contributed by atoms with Gasteiger partial charge in [0.15, 0.2) is 0 Å². The molecule has 0 aliphatic carbocycles. The standard InChI is InChI=1S/C24H28N2O5/c1-3-30-24(29)31-21-10-8-19(9-11-21)23(28)25-20-12-14-26(15-13-20)22(27)16-18-6-4-17(2)5-7-18/h4-11,20H,3,12-16H2,1-2H3,(H,25,28). The fraction of sp³-hybridized carbons (Fsp3) is 0.375. The molecule has 3 rings (SSSR count). The summed E-state index contributed by atoms with van der Waals surface area (Å²) < 4.78 is 9.71. The van der Waals surface area contributed by atoms with Crippen molar-refractivity contribution in [1.29, 1.82) is 0 Å². The van der Waals surface area contributed by atoms with Gasteiger partial charge in [-0.1, -0.05) is 29.8 Å². The summed E-state index contributed by atoms with van der Waals surface area (Å²) in [5, 5.41) is 3.02. The maximum Gasteiger partial charge on any atom is 0.513 e. The van der Waals surface area contributed by atoms with Gasteiger partial charge in [-0.3, -0.25) is 9.59 Å². The number of amides is 2. The van der Waals surface area contributed by atoms with E-state index in [-0.39, 0.29) is 24.5 Å². The number of likely N-dealkylation sites (tertiary alicyclic amines) is 1. The highest BCUT2D eigenvalue weighted by atomic mass is 16.7.